The van der Waals surface area contributed by atoms with Crippen LogP contribution in [0, 0.1) is 557 Å². The van der Waals surface area contributed by atoms with Crippen molar-refractivity contribution < 1.29 is 26.8 Å². The summed E-state index contributed by atoms with van der Waals surface area (Å²) in [7, 11) is 0.800. The number of fused-ring (bicyclic) bond motifs is 6. The van der Waals surface area contributed by atoms with E-state index in [1.165, 1.54) is 30.4 Å². The molecular formula is C124H34N2O6S. The van der Waals surface area contributed by atoms with Gasteiger partial charge >= 0.3 is 10.1 Å². The number of rotatable bonds is 6. The molecule has 133 heavy (non-hydrogen) atoms. The average molecular weight is 1680 g/mol. The Morgan fingerprint density at radius 2 is 0.496 bits per heavy atom. The van der Waals surface area contributed by atoms with Gasteiger partial charge in [-0.25, -0.2) is 0 Å². The molecule has 3 aromatic carbocycles. The Hall–Kier alpha value is -24.4. The van der Waals surface area contributed by atoms with Gasteiger partial charge in [-0.3, -0.25) is 4.90 Å². The largest absolute Gasteiger partial charge is 0.493 e. The summed E-state index contributed by atoms with van der Waals surface area (Å²) in [6, 6.07) is 16.0. The molecule has 9 heteroatoms. The van der Waals surface area contributed by atoms with Crippen LogP contribution in [0.5, 0.6) is 23.0 Å². The maximum Gasteiger partial charge on any atom is 0.339 e. The van der Waals surface area contributed by atoms with Crippen LogP contribution in [-0.2, 0) is 29.5 Å². The third kappa shape index (κ3) is 47.7. The summed E-state index contributed by atoms with van der Waals surface area (Å²) in [6.45, 7) is 5.07. The number of hydrogen-bond acceptors (Lipinski definition) is 7. The Labute approximate surface area is 780 Å². The Morgan fingerprint density at radius 1 is 0.278 bits per heavy atom. The number of aromatic nitrogens is 1. The van der Waals surface area contributed by atoms with E-state index < -0.39 is 10.1 Å². The summed E-state index contributed by atoms with van der Waals surface area (Å²) in [5, 5.41) is 0.932. The first-order valence-electron chi connectivity index (χ1n) is 36.4. The van der Waals surface area contributed by atoms with Gasteiger partial charge < -0.3 is 23.4 Å². The monoisotopic (exact) mass is 1680 g/mol. The van der Waals surface area contributed by atoms with Crippen LogP contribution in [0.3, 0.4) is 0 Å². The van der Waals surface area contributed by atoms with Gasteiger partial charge in [-0.15, -0.1) is 0 Å². The Morgan fingerprint density at radius 3 is 0.722 bits per heavy atom. The molecular weight excluding hydrogens is 1650 g/mol. The molecule has 3 heterocycles. The molecule has 0 bridgehead atoms. The molecule has 1 N–H and O–H groups in total. The SMILES string of the molecule is CC#CC#CC#CC#CC#CC#CC#CC#CC#CC#CC#CC#CC#CC#CC#CC#CC#CC#CC#CC#CC#CC#CC#CC#CC#CC#CC#CC#CC#CC#CC#CC#CC#CC#CC#CC#CC#CC#CC#CC#CC#CC#CC#CC#CC#CC#CC#CC.COc1cc2c(cc1OC)C1Cc3c([nH]c4cc(OC)c(OS(=O)(=O)c5ccccc5)cc34)CN1CC2. The third-order valence-corrected chi connectivity index (χ3v) is 14.6. The number of nitrogens with one attached hydrogen (secondary N) is 1. The number of ether oxygens (including phenoxy) is 3. The molecule has 0 radical (unpaired) electrons. The van der Waals surface area contributed by atoms with E-state index in [1.807, 2.05) is 6.07 Å². The van der Waals surface area contributed by atoms with Gasteiger partial charge in [0.25, 0.3) is 0 Å². The van der Waals surface area contributed by atoms with Crippen LogP contribution >= 0.6 is 0 Å². The summed E-state index contributed by atoms with van der Waals surface area (Å²) in [4.78, 5) is 6.10. The zero-order chi connectivity index (χ0) is 94.2. The fraction of sp³-hybridized carbons (Fsp3) is 0.0806. The zero-order valence-electron chi connectivity index (χ0n) is 69.9. The van der Waals surface area contributed by atoms with Gasteiger partial charge in [-0.1, -0.05) is 30.0 Å². The quantitative estimate of drug-likeness (QED) is 0.193. The molecule has 4 aromatic rings. The van der Waals surface area contributed by atoms with Crippen LogP contribution in [-0.4, -0.2) is 46.2 Å². The maximum atomic E-state index is 13.0. The predicted octanol–water partition coefficient (Wildman–Crippen LogP) is 5.80. The van der Waals surface area contributed by atoms with E-state index >= 15 is 0 Å². The van der Waals surface area contributed by atoms with Gasteiger partial charge in [0.05, 0.1) is 21.3 Å². The lowest BCUT2D eigenvalue weighted by Gasteiger charge is -2.40. The smallest absolute Gasteiger partial charge is 0.339 e. The number of nitrogens with zero attached hydrogens (tertiary/aromatic N) is 1. The number of methoxy groups -OCH3 is 3. The molecule has 2 aliphatic heterocycles. The van der Waals surface area contributed by atoms with E-state index in [0.29, 0.717) is 5.75 Å². The predicted molar refractivity (Wildman–Crippen MR) is 516 cm³/mol. The van der Waals surface area contributed by atoms with Gasteiger partial charge in [0.2, 0.25) is 0 Å². The highest BCUT2D eigenvalue weighted by molar-refractivity contribution is 7.87. The molecule has 1 unspecified atom stereocenters. The van der Waals surface area contributed by atoms with Crippen LogP contribution in [0.1, 0.15) is 42.3 Å². The Kier molecular flexibility index (Phi) is 51.9. The standard InChI is InChI=1S/C96H6.C28H28N2O6S/c1-3-5-7-9-11-13-15-17-19-21-23-25-27-29-31-33-35-37-39-41-43-45-47-49-51-53-55-57-59-61-63-65-67-69-71-73-75-77-79-81-83-85-87-89-91-93-95-96-94-92-90-88-86-84-82-80-78-76-74-72-70-68-66-64-62-60-58-56-54-52-50-48-46-44-42-40-38-36-34-32-30-28-26-24-22-20-18-16-14-12-10-8-6-4-2;1-33-25-11-17-9-10-30-16-23-20(12-24(30)19(17)13-26(25)34-2)21-14-28(27(35-3)15-22(21)29-23)36-37(31,32)18-7-5-4-6-8-18/h1-2H3;4-8,11,13-15,24,29H,9-10,12,16H2,1-3H3. The summed E-state index contributed by atoms with van der Waals surface area (Å²) in [5.41, 5.74) is 5.67. The highest BCUT2D eigenvalue weighted by atomic mass is 32.2. The minimum Gasteiger partial charge on any atom is -0.493 e. The summed E-state index contributed by atoms with van der Waals surface area (Å²) in [5.74, 6) is 238. The second-order valence-electron chi connectivity index (χ2n) is 21.3. The zero-order valence-corrected chi connectivity index (χ0v) is 70.7. The number of benzene rings is 3. The van der Waals surface area contributed by atoms with Crippen molar-refractivity contribution in [2.24, 2.45) is 0 Å². The lowest BCUT2D eigenvalue weighted by Crippen LogP contribution is -2.39. The second-order valence-corrected chi connectivity index (χ2v) is 22.9. The van der Waals surface area contributed by atoms with Crippen molar-refractivity contribution >= 4 is 21.0 Å². The number of hydrogen-bond donors (Lipinski definition) is 1. The van der Waals surface area contributed by atoms with Crippen molar-refractivity contribution in [2.45, 2.75) is 44.2 Å². The number of H-pyrrole nitrogens is 1. The molecule has 1 aromatic heterocycles. The highest BCUT2D eigenvalue weighted by Crippen LogP contribution is 2.45. The third-order valence-electron chi connectivity index (χ3n) is 13.3. The van der Waals surface area contributed by atoms with Crippen molar-refractivity contribution in [1.82, 2.24) is 9.88 Å². The van der Waals surface area contributed by atoms with Gasteiger partial charge in [0.15, 0.2) is 23.0 Å². The molecule has 0 saturated carbocycles. The van der Waals surface area contributed by atoms with Crippen LogP contribution in [0.4, 0.5) is 0 Å². The lowest BCUT2D eigenvalue weighted by atomic mass is 9.85. The molecule has 0 fully saturated rings. The van der Waals surface area contributed by atoms with E-state index in [9.17, 15) is 8.42 Å². The first kappa shape index (κ1) is 99.2. The molecule has 2 aliphatic rings. The maximum absolute atomic E-state index is 13.0. The fourth-order valence-corrected chi connectivity index (χ4v) is 9.46. The molecule has 582 valence electrons. The molecule has 0 saturated heterocycles. The van der Waals surface area contributed by atoms with Gasteiger partial charge in [0.1, 0.15) is 4.90 Å². The van der Waals surface area contributed by atoms with Crippen molar-refractivity contribution in [1.29, 1.82) is 0 Å². The minimum absolute atomic E-state index is 0.0899. The van der Waals surface area contributed by atoms with Crippen LogP contribution in [0.2, 0.25) is 0 Å². The van der Waals surface area contributed by atoms with Gasteiger partial charge in [0, 0.05) is 492 Å². The van der Waals surface area contributed by atoms with E-state index in [4.69, 9.17) is 18.4 Å². The molecule has 1 atom stereocenters. The van der Waals surface area contributed by atoms with E-state index in [2.05, 4.69) is 579 Å². The average Bonchev–Trinajstić information content (AvgIpc) is 1.62. The lowest BCUT2D eigenvalue weighted by molar-refractivity contribution is 0.159. The molecule has 0 amide bonds. The Bertz CT molecular complexity index is 8730. The van der Waals surface area contributed by atoms with Crippen LogP contribution in [0.15, 0.2) is 59.5 Å². The van der Waals surface area contributed by atoms with Crippen molar-refractivity contribution in [3.63, 3.8) is 0 Å². The van der Waals surface area contributed by atoms with Crippen LogP contribution in [0.25, 0.3) is 10.9 Å². The van der Waals surface area contributed by atoms with Crippen molar-refractivity contribution in [3.8, 4) is 580 Å². The summed E-state index contributed by atoms with van der Waals surface area (Å²) in [6.07, 6.45) is 1.71. The molecule has 0 spiro atoms. The molecule has 6 rings (SSSR count). The topological polar surface area (TPSA) is 90.1 Å². The van der Waals surface area contributed by atoms with Crippen molar-refractivity contribution in [2.75, 3.05) is 27.9 Å². The minimum atomic E-state index is -4.02. The van der Waals surface area contributed by atoms with Crippen LogP contribution < -0.4 is 18.4 Å². The molecule has 0 aliphatic carbocycles. The second kappa shape index (κ2) is 69.6. The highest BCUT2D eigenvalue weighted by Gasteiger charge is 2.35. The van der Waals surface area contributed by atoms with E-state index in [1.54, 1.807) is 52.3 Å². The van der Waals surface area contributed by atoms with E-state index in [-0.39, 0.29) is 16.7 Å². The summed E-state index contributed by atoms with van der Waals surface area (Å²) < 4.78 is 48.1. The number of aromatic amines is 1. The summed E-state index contributed by atoms with van der Waals surface area (Å²) >= 11 is 0. The van der Waals surface area contributed by atoms with E-state index in [0.717, 1.165) is 59.6 Å². The first-order valence-corrected chi connectivity index (χ1v) is 37.8. The fourth-order valence-electron chi connectivity index (χ4n) is 8.50. The van der Waals surface area contributed by atoms with Gasteiger partial charge in [-0.05, 0) is 168 Å². The van der Waals surface area contributed by atoms with Gasteiger partial charge in [-0.2, -0.15) is 8.42 Å². The first-order chi connectivity index (χ1) is 65.8. The molecule has 8 nitrogen and oxygen atoms in total. The van der Waals surface area contributed by atoms with Crippen molar-refractivity contribution in [3.05, 3.63) is 77.0 Å². The normalized spacial score (nSPS) is 7.60. The Balaban J connectivity index is 0.000000686.